The minimum atomic E-state index is -0.834. The summed E-state index contributed by atoms with van der Waals surface area (Å²) in [7, 11) is 0. The molecule has 1 aromatic heterocycles. The van der Waals surface area contributed by atoms with Gasteiger partial charge in [-0.2, -0.15) is 5.10 Å². The Labute approximate surface area is 127 Å². The lowest BCUT2D eigenvalue weighted by atomic mass is 9.97. The number of amides is 1. The minimum absolute atomic E-state index is 0.129. The number of likely N-dealkylation sites (tertiary alicyclic amines) is 1. The highest BCUT2D eigenvalue weighted by Crippen LogP contribution is 2.19. The number of aromatic nitrogens is 3. The summed E-state index contributed by atoms with van der Waals surface area (Å²) in [5.41, 5.74) is 1.37. The third kappa shape index (κ3) is 2.83. The van der Waals surface area contributed by atoms with Crippen LogP contribution in [0.3, 0.4) is 0 Å². The summed E-state index contributed by atoms with van der Waals surface area (Å²) in [5.74, 6) is -1.43. The van der Waals surface area contributed by atoms with E-state index in [9.17, 15) is 9.59 Å². The van der Waals surface area contributed by atoms with Crippen LogP contribution >= 0.6 is 0 Å². The molecule has 1 unspecified atom stereocenters. The van der Waals surface area contributed by atoms with Gasteiger partial charge in [-0.25, -0.2) is 9.67 Å². The monoisotopic (exact) mass is 300 g/mol. The van der Waals surface area contributed by atoms with Crippen molar-refractivity contribution in [2.75, 3.05) is 13.1 Å². The Hall–Kier alpha value is -2.70. The number of carbonyl (C=O) groups excluding carboxylic acids is 1. The van der Waals surface area contributed by atoms with Crippen LogP contribution < -0.4 is 0 Å². The SMILES string of the molecule is O=C(O)C1CCCN(C(=O)c2ccc(-n3cncn3)cc2)C1. The van der Waals surface area contributed by atoms with Gasteiger partial charge in [-0.3, -0.25) is 9.59 Å². The average molecular weight is 300 g/mol. The standard InChI is InChI=1S/C15H16N4O3/c20-14(18-7-1-2-12(8-18)15(21)22)11-3-5-13(6-4-11)19-10-16-9-17-19/h3-6,9-10,12H,1-2,7-8H2,(H,21,22). The lowest BCUT2D eigenvalue weighted by Crippen LogP contribution is -2.42. The van der Waals surface area contributed by atoms with Crippen molar-refractivity contribution in [1.29, 1.82) is 0 Å². The van der Waals surface area contributed by atoms with Crippen LogP contribution in [0.4, 0.5) is 0 Å². The second-order valence-corrected chi connectivity index (χ2v) is 5.32. The number of piperidine rings is 1. The summed E-state index contributed by atoms with van der Waals surface area (Å²) >= 11 is 0. The number of hydrogen-bond acceptors (Lipinski definition) is 4. The highest BCUT2D eigenvalue weighted by atomic mass is 16.4. The van der Waals surface area contributed by atoms with Gasteiger partial charge >= 0.3 is 5.97 Å². The molecule has 0 saturated carbocycles. The van der Waals surface area contributed by atoms with E-state index in [1.165, 1.54) is 6.33 Å². The Balaban J connectivity index is 1.73. The summed E-state index contributed by atoms with van der Waals surface area (Å²) in [6, 6.07) is 7.04. The Morgan fingerprint density at radius 2 is 2.00 bits per heavy atom. The van der Waals surface area contributed by atoms with Gasteiger partial charge in [-0.15, -0.1) is 0 Å². The molecule has 1 N–H and O–H groups in total. The van der Waals surface area contributed by atoms with Crippen molar-refractivity contribution < 1.29 is 14.7 Å². The summed E-state index contributed by atoms with van der Waals surface area (Å²) in [4.78, 5) is 29.0. The number of nitrogens with zero attached hydrogens (tertiary/aromatic N) is 4. The van der Waals surface area contributed by atoms with Crippen LogP contribution in [0.5, 0.6) is 0 Å². The lowest BCUT2D eigenvalue weighted by Gasteiger charge is -2.30. The molecule has 2 heterocycles. The van der Waals surface area contributed by atoms with Crippen molar-refractivity contribution in [1.82, 2.24) is 19.7 Å². The zero-order valence-corrected chi connectivity index (χ0v) is 11.9. The van der Waals surface area contributed by atoms with Crippen molar-refractivity contribution in [3.63, 3.8) is 0 Å². The van der Waals surface area contributed by atoms with Gasteiger partial charge < -0.3 is 10.0 Å². The van der Waals surface area contributed by atoms with E-state index in [0.29, 0.717) is 18.5 Å². The van der Waals surface area contributed by atoms with Crippen LogP contribution in [0.25, 0.3) is 5.69 Å². The first-order valence-electron chi connectivity index (χ1n) is 7.12. The Morgan fingerprint density at radius 1 is 1.23 bits per heavy atom. The lowest BCUT2D eigenvalue weighted by molar-refractivity contribution is -0.143. The van der Waals surface area contributed by atoms with Gasteiger partial charge in [-0.05, 0) is 37.1 Å². The molecular weight excluding hydrogens is 284 g/mol. The predicted molar refractivity (Wildman–Crippen MR) is 77.6 cm³/mol. The smallest absolute Gasteiger partial charge is 0.308 e. The van der Waals surface area contributed by atoms with Crippen molar-refractivity contribution in [2.45, 2.75) is 12.8 Å². The second kappa shape index (κ2) is 5.97. The number of carboxylic acids is 1. The molecule has 7 nitrogen and oxygen atoms in total. The van der Waals surface area contributed by atoms with Gasteiger partial charge in [0.15, 0.2) is 0 Å². The maximum absolute atomic E-state index is 12.5. The van der Waals surface area contributed by atoms with Crippen molar-refractivity contribution in [3.8, 4) is 5.69 Å². The second-order valence-electron chi connectivity index (χ2n) is 5.32. The molecule has 1 amide bonds. The molecule has 0 aliphatic carbocycles. The Morgan fingerprint density at radius 3 is 2.64 bits per heavy atom. The first-order valence-corrected chi connectivity index (χ1v) is 7.12. The maximum Gasteiger partial charge on any atom is 0.308 e. The molecule has 1 aromatic carbocycles. The summed E-state index contributed by atoms with van der Waals surface area (Å²) in [6.07, 6.45) is 4.38. The molecule has 1 fully saturated rings. The summed E-state index contributed by atoms with van der Waals surface area (Å²) in [5, 5.41) is 13.1. The molecule has 0 spiro atoms. The molecule has 1 atom stereocenters. The third-order valence-electron chi connectivity index (χ3n) is 3.86. The molecular formula is C15H16N4O3. The van der Waals surface area contributed by atoms with Crippen LogP contribution in [0.2, 0.25) is 0 Å². The number of benzene rings is 1. The van der Waals surface area contributed by atoms with Crippen LogP contribution in [-0.2, 0) is 4.79 Å². The fourth-order valence-corrected chi connectivity index (χ4v) is 2.64. The fraction of sp³-hybridized carbons (Fsp3) is 0.333. The molecule has 2 aromatic rings. The molecule has 1 saturated heterocycles. The molecule has 0 bridgehead atoms. The van der Waals surface area contributed by atoms with Gasteiger partial charge in [0.2, 0.25) is 0 Å². The van der Waals surface area contributed by atoms with E-state index in [1.54, 1.807) is 40.2 Å². The maximum atomic E-state index is 12.5. The van der Waals surface area contributed by atoms with E-state index >= 15 is 0 Å². The number of hydrogen-bond donors (Lipinski definition) is 1. The zero-order chi connectivity index (χ0) is 15.5. The highest BCUT2D eigenvalue weighted by Gasteiger charge is 2.28. The van der Waals surface area contributed by atoms with Crippen LogP contribution in [0.1, 0.15) is 23.2 Å². The average Bonchev–Trinajstić information content (AvgIpc) is 3.09. The van der Waals surface area contributed by atoms with Gasteiger partial charge in [0.25, 0.3) is 5.91 Å². The topological polar surface area (TPSA) is 88.3 Å². The van der Waals surface area contributed by atoms with Gasteiger partial charge in [0.1, 0.15) is 12.7 Å². The molecule has 114 valence electrons. The minimum Gasteiger partial charge on any atom is -0.481 e. The van der Waals surface area contributed by atoms with Crippen LogP contribution in [0.15, 0.2) is 36.9 Å². The molecule has 1 aliphatic heterocycles. The first-order chi connectivity index (χ1) is 10.6. The Kier molecular flexibility index (Phi) is 3.86. The third-order valence-corrected chi connectivity index (χ3v) is 3.86. The fourth-order valence-electron chi connectivity index (χ4n) is 2.64. The predicted octanol–water partition coefficient (Wildman–Crippen LogP) is 1.20. The summed E-state index contributed by atoms with van der Waals surface area (Å²) in [6.45, 7) is 0.881. The van der Waals surface area contributed by atoms with E-state index in [2.05, 4.69) is 10.1 Å². The van der Waals surface area contributed by atoms with Crippen molar-refractivity contribution >= 4 is 11.9 Å². The summed E-state index contributed by atoms with van der Waals surface area (Å²) < 4.78 is 1.61. The molecule has 1 aliphatic rings. The van der Waals surface area contributed by atoms with Gasteiger partial charge in [-0.1, -0.05) is 0 Å². The highest BCUT2D eigenvalue weighted by molar-refractivity contribution is 5.94. The van der Waals surface area contributed by atoms with Gasteiger partial charge in [0.05, 0.1) is 11.6 Å². The van der Waals surface area contributed by atoms with E-state index in [4.69, 9.17) is 5.11 Å². The van der Waals surface area contributed by atoms with Crippen LogP contribution in [-0.4, -0.2) is 49.7 Å². The van der Waals surface area contributed by atoms with E-state index in [0.717, 1.165) is 12.1 Å². The number of carboxylic acid groups (broad SMARTS) is 1. The van der Waals surface area contributed by atoms with Crippen molar-refractivity contribution in [3.05, 3.63) is 42.5 Å². The number of carbonyl (C=O) groups is 2. The largest absolute Gasteiger partial charge is 0.481 e. The molecule has 3 rings (SSSR count). The molecule has 22 heavy (non-hydrogen) atoms. The van der Waals surface area contributed by atoms with Gasteiger partial charge in [0, 0.05) is 18.7 Å². The molecule has 7 heteroatoms. The zero-order valence-electron chi connectivity index (χ0n) is 11.9. The number of rotatable bonds is 3. The molecule has 0 radical (unpaired) electrons. The van der Waals surface area contributed by atoms with Crippen LogP contribution in [0, 0.1) is 5.92 Å². The quantitative estimate of drug-likeness (QED) is 0.920. The van der Waals surface area contributed by atoms with Crippen molar-refractivity contribution in [2.24, 2.45) is 5.92 Å². The van der Waals surface area contributed by atoms with E-state index in [1.807, 2.05) is 0 Å². The van der Waals surface area contributed by atoms with E-state index < -0.39 is 11.9 Å². The first kappa shape index (κ1) is 14.2. The number of aliphatic carboxylic acids is 1. The van der Waals surface area contributed by atoms with E-state index in [-0.39, 0.29) is 12.5 Å². The Bertz CT molecular complexity index is 667. The normalized spacial score (nSPS) is 18.2.